The molecule has 0 unspecified atom stereocenters. The highest BCUT2D eigenvalue weighted by Crippen LogP contribution is 2.26. The van der Waals surface area contributed by atoms with Crippen LogP contribution >= 0.6 is 0 Å². The van der Waals surface area contributed by atoms with Gasteiger partial charge < -0.3 is 15.8 Å². The normalized spacial score (nSPS) is 13.1. The number of amides is 2. The maximum atomic E-state index is 11.2. The average molecular weight is 220 g/mol. The molecule has 84 valence electrons. The number of carbonyl (C=O) groups is 2. The Morgan fingerprint density at radius 2 is 2.31 bits per heavy atom. The molecule has 0 fully saturated rings. The zero-order chi connectivity index (χ0) is 11.5. The summed E-state index contributed by atoms with van der Waals surface area (Å²) in [6.07, 6.45) is 0.185. The van der Waals surface area contributed by atoms with Crippen molar-refractivity contribution in [2.45, 2.75) is 12.8 Å². The summed E-state index contributed by atoms with van der Waals surface area (Å²) in [5.74, 6) is -0.00160. The minimum absolute atomic E-state index is 0.00160. The minimum atomic E-state index is -0.776. The molecule has 5 nitrogen and oxygen atoms in total. The summed E-state index contributed by atoms with van der Waals surface area (Å²) in [6.45, 7) is 0.236. The fraction of sp³-hybridized carbons (Fsp3) is 0.273. The highest BCUT2D eigenvalue weighted by atomic mass is 16.5. The van der Waals surface area contributed by atoms with Crippen LogP contribution in [0.3, 0.4) is 0 Å². The zero-order valence-corrected chi connectivity index (χ0v) is 8.66. The Balaban J connectivity index is 2.08. The number of anilines is 1. The Kier molecular flexibility index (Phi) is 2.76. The van der Waals surface area contributed by atoms with Crippen LogP contribution in [-0.4, -0.2) is 18.6 Å². The number of hydrogen-bond acceptors (Lipinski definition) is 3. The van der Waals surface area contributed by atoms with Gasteiger partial charge in [0.05, 0.1) is 13.0 Å². The van der Waals surface area contributed by atoms with E-state index in [1.54, 1.807) is 0 Å². The summed E-state index contributed by atoms with van der Waals surface area (Å²) in [6, 6.07) is 5.65. The predicted molar refractivity (Wildman–Crippen MR) is 58.0 cm³/mol. The van der Waals surface area contributed by atoms with Crippen LogP contribution in [-0.2, 0) is 22.4 Å². The van der Waals surface area contributed by atoms with E-state index >= 15 is 0 Å². The summed E-state index contributed by atoms with van der Waals surface area (Å²) in [5.41, 5.74) is 7.71. The molecule has 0 saturated heterocycles. The molecule has 1 aromatic carbocycles. The fourth-order valence-corrected chi connectivity index (χ4v) is 1.81. The lowest BCUT2D eigenvalue weighted by atomic mass is 10.0. The molecule has 0 aromatic heterocycles. The number of ether oxygens (including phenoxy) is 1. The van der Waals surface area contributed by atoms with E-state index in [-0.39, 0.29) is 12.5 Å². The number of rotatable bonds is 3. The van der Waals surface area contributed by atoms with E-state index in [0.717, 1.165) is 16.8 Å². The monoisotopic (exact) mass is 220 g/mol. The number of primary amides is 1. The molecule has 0 aliphatic carbocycles. The average Bonchev–Trinajstić information content (AvgIpc) is 2.58. The van der Waals surface area contributed by atoms with E-state index in [2.05, 4.69) is 10.1 Å². The van der Waals surface area contributed by atoms with Crippen LogP contribution in [0.25, 0.3) is 0 Å². The molecule has 5 heteroatoms. The number of benzene rings is 1. The molecular weight excluding hydrogens is 208 g/mol. The van der Waals surface area contributed by atoms with Crippen molar-refractivity contribution >= 4 is 17.7 Å². The summed E-state index contributed by atoms with van der Waals surface area (Å²) in [5, 5.41) is 2.77. The smallest absolute Gasteiger partial charge is 0.404 e. The van der Waals surface area contributed by atoms with E-state index in [0.29, 0.717) is 12.8 Å². The van der Waals surface area contributed by atoms with E-state index in [9.17, 15) is 9.59 Å². The highest BCUT2D eigenvalue weighted by molar-refractivity contribution is 5.99. The number of hydrogen-bond donors (Lipinski definition) is 2. The van der Waals surface area contributed by atoms with Crippen LogP contribution in [0, 0.1) is 0 Å². The predicted octanol–water partition coefficient (Wildman–Crippen LogP) is 0.819. The van der Waals surface area contributed by atoms with Gasteiger partial charge in [0.25, 0.3) is 0 Å². The van der Waals surface area contributed by atoms with Crippen molar-refractivity contribution in [2.24, 2.45) is 5.73 Å². The second-order valence-corrected chi connectivity index (χ2v) is 3.59. The van der Waals surface area contributed by atoms with Crippen LogP contribution in [0.1, 0.15) is 11.1 Å². The molecule has 1 aromatic rings. The number of nitrogens with two attached hydrogens (primary N) is 1. The van der Waals surface area contributed by atoms with Gasteiger partial charge >= 0.3 is 6.09 Å². The Bertz CT molecular complexity index is 443. The van der Waals surface area contributed by atoms with Crippen molar-refractivity contribution in [3.8, 4) is 0 Å². The maximum Gasteiger partial charge on any atom is 0.404 e. The van der Waals surface area contributed by atoms with E-state index in [4.69, 9.17) is 5.73 Å². The van der Waals surface area contributed by atoms with E-state index in [1.165, 1.54) is 0 Å². The van der Waals surface area contributed by atoms with Gasteiger partial charge in [-0.25, -0.2) is 4.79 Å². The molecule has 0 atom stereocenters. The van der Waals surface area contributed by atoms with Crippen LogP contribution in [0.4, 0.5) is 10.5 Å². The van der Waals surface area contributed by atoms with Gasteiger partial charge in [-0.3, -0.25) is 4.79 Å². The largest absolute Gasteiger partial charge is 0.449 e. The van der Waals surface area contributed by atoms with Gasteiger partial charge in [0, 0.05) is 12.1 Å². The molecule has 0 radical (unpaired) electrons. The summed E-state index contributed by atoms with van der Waals surface area (Å²) in [4.78, 5) is 21.6. The zero-order valence-electron chi connectivity index (χ0n) is 8.66. The highest BCUT2D eigenvalue weighted by Gasteiger charge is 2.19. The molecular formula is C11H12N2O3. The molecule has 0 spiro atoms. The SMILES string of the molecule is NC(=O)OCCc1cccc2c1CC(=O)N2. The van der Waals surface area contributed by atoms with Gasteiger partial charge in [0.2, 0.25) is 5.91 Å². The minimum Gasteiger partial charge on any atom is -0.449 e. The molecule has 1 heterocycles. The second kappa shape index (κ2) is 4.22. The lowest BCUT2D eigenvalue weighted by molar-refractivity contribution is -0.115. The first-order valence-electron chi connectivity index (χ1n) is 4.99. The molecule has 2 rings (SSSR count). The first-order chi connectivity index (χ1) is 7.66. The molecule has 0 bridgehead atoms. The summed E-state index contributed by atoms with van der Waals surface area (Å²) >= 11 is 0. The van der Waals surface area contributed by atoms with Gasteiger partial charge in [-0.1, -0.05) is 12.1 Å². The summed E-state index contributed by atoms with van der Waals surface area (Å²) < 4.78 is 4.67. The van der Waals surface area contributed by atoms with Crippen LogP contribution in [0.2, 0.25) is 0 Å². The quantitative estimate of drug-likeness (QED) is 0.791. The third-order valence-electron chi connectivity index (χ3n) is 2.50. The third kappa shape index (κ3) is 2.13. The van der Waals surface area contributed by atoms with Crippen molar-refractivity contribution in [1.82, 2.24) is 0 Å². The number of carbonyl (C=O) groups excluding carboxylic acids is 2. The first-order valence-corrected chi connectivity index (χ1v) is 4.99. The standard InChI is InChI=1S/C11H12N2O3/c12-11(15)16-5-4-7-2-1-3-9-8(7)6-10(14)13-9/h1-3H,4-6H2,(H2,12,15)(H,13,14). The van der Waals surface area contributed by atoms with Gasteiger partial charge in [0.15, 0.2) is 0 Å². The van der Waals surface area contributed by atoms with Crippen LogP contribution in [0.15, 0.2) is 18.2 Å². The Hall–Kier alpha value is -2.04. The topological polar surface area (TPSA) is 81.4 Å². The fourth-order valence-electron chi connectivity index (χ4n) is 1.81. The van der Waals surface area contributed by atoms with Gasteiger partial charge in [-0.05, 0) is 17.2 Å². The van der Waals surface area contributed by atoms with E-state index < -0.39 is 6.09 Å². The van der Waals surface area contributed by atoms with Crippen LogP contribution < -0.4 is 11.1 Å². The van der Waals surface area contributed by atoms with Gasteiger partial charge in [0.1, 0.15) is 0 Å². The Morgan fingerprint density at radius 3 is 3.06 bits per heavy atom. The van der Waals surface area contributed by atoms with Crippen molar-refractivity contribution in [2.75, 3.05) is 11.9 Å². The Morgan fingerprint density at radius 1 is 1.50 bits per heavy atom. The van der Waals surface area contributed by atoms with E-state index in [1.807, 2.05) is 18.2 Å². The molecule has 16 heavy (non-hydrogen) atoms. The lowest BCUT2D eigenvalue weighted by Crippen LogP contribution is -2.15. The van der Waals surface area contributed by atoms with Crippen molar-refractivity contribution in [3.05, 3.63) is 29.3 Å². The van der Waals surface area contributed by atoms with Gasteiger partial charge in [-0.2, -0.15) is 0 Å². The number of nitrogens with one attached hydrogen (secondary N) is 1. The number of fused-ring (bicyclic) bond motifs is 1. The molecule has 3 N–H and O–H groups in total. The lowest BCUT2D eigenvalue weighted by Gasteiger charge is -2.06. The third-order valence-corrected chi connectivity index (χ3v) is 2.50. The molecule has 0 saturated carbocycles. The Labute approximate surface area is 92.6 Å². The second-order valence-electron chi connectivity index (χ2n) is 3.59. The van der Waals surface area contributed by atoms with Crippen molar-refractivity contribution in [3.63, 3.8) is 0 Å². The first kappa shape index (κ1) is 10.5. The maximum absolute atomic E-state index is 11.2. The summed E-state index contributed by atoms with van der Waals surface area (Å²) in [7, 11) is 0. The van der Waals surface area contributed by atoms with Gasteiger partial charge in [-0.15, -0.1) is 0 Å². The molecule has 1 aliphatic heterocycles. The van der Waals surface area contributed by atoms with Crippen molar-refractivity contribution in [1.29, 1.82) is 0 Å². The van der Waals surface area contributed by atoms with Crippen LogP contribution in [0.5, 0.6) is 0 Å². The van der Waals surface area contributed by atoms with Crippen molar-refractivity contribution < 1.29 is 14.3 Å². The molecule has 2 amide bonds. The molecule has 1 aliphatic rings.